The third kappa shape index (κ3) is 5.41. The molecule has 0 saturated carbocycles. The van der Waals surface area contributed by atoms with E-state index in [1.807, 2.05) is 47.1 Å². The van der Waals surface area contributed by atoms with Gasteiger partial charge in [-0.1, -0.05) is 31.5 Å². The molecule has 6 heteroatoms. The Morgan fingerprint density at radius 2 is 1.60 bits per heavy atom. The van der Waals surface area contributed by atoms with Crippen molar-refractivity contribution in [3.05, 3.63) is 35.9 Å². The summed E-state index contributed by atoms with van der Waals surface area (Å²) in [5.41, 5.74) is 0.728. The van der Waals surface area contributed by atoms with E-state index >= 15 is 0 Å². The second-order valence-electron chi connectivity index (χ2n) is 8.45. The average Bonchev–Trinajstić information content (AvgIpc) is 2.79. The first-order valence-electron chi connectivity index (χ1n) is 11.3. The number of ether oxygens (including phenoxy) is 1. The fourth-order valence-corrected chi connectivity index (χ4v) is 4.74. The molecule has 0 unspecified atom stereocenters. The molecule has 1 aromatic rings. The van der Waals surface area contributed by atoms with Crippen LogP contribution in [0.25, 0.3) is 0 Å². The molecule has 2 atom stereocenters. The van der Waals surface area contributed by atoms with Crippen LogP contribution in [-0.4, -0.2) is 60.4 Å². The number of hydrogen-bond donors (Lipinski definition) is 0. The largest absolute Gasteiger partial charge is 0.466 e. The zero-order valence-electron chi connectivity index (χ0n) is 18.2. The standard InChI is InChI=1S/C24H34N2O4/c1-3-18-17-26(23(28)19-8-6-5-7-9-19)15-12-21(18)16-22(27)25-13-10-20(11-14-25)24(29)30-4-2/h5-9,18,20-21H,3-4,10-17H2,1-2H3/t18-,21+/m1/s1. The predicted molar refractivity (Wildman–Crippen MR) is 115 cm³/mol. The maximum absolute atomic E-state index is 12.9. The summed E-state index contributed by atoms with van der Waals surface area (Å²) in [6, 6.07) is 9.42. The van der Waals surface area contributed by atoms with Crippen molar-refractivity contribution in [2.75, 3.05) is 32.8 Å². The monoisotopic (exact) mass is 414 g/mol. The van der Waals surface area contributed by atoms with Crippen LogP contribution < -0.4 is 0 Å². The van der Waals surface area contributed by atoms with Crippen LogP contribution in [0.3, 0.4) is 0 Å². The fraction of sp³-hybridized carbons (Fsp3) is 0.625. The summed E-state index contributed by atoms with van der Waals surface area (Å²) in [6.45, 7) is 7.04. The number of nitrogens with zero attached hydrogens (tertiary/aromatic N) is 2. The summed E-state index contributed by atoms with van der Waals surface area (Å²) in [6.07, 6.45) is 3.73. The number of piperidine rings is 2. The number of carbonyl (C=O) groups excluding carboxylic acids is 3. The van der Waals surface area contributed by atoms with E-state index in [4.69, 9.17) is 4.74 Å². The van der Waals surface area contributed by atoms with Crippen LogP contribution in [0.15, 0.2) is 30.3 Å². The van der Waals surface area contributed by atoms with Gasteiger partial charge in [0.2, 0.25) is 5.91 Å². The molecule has 0 spiro atoms. The van der Waals surface area contributed by atoms with Crippen molar-refractivity contribution < 1.29 is 19.1 Å². The van der Waals surface area contributed by atoms with E-state index in [0.29, 0.717) is 63.9 Å². The van der Waals surface area contributed by atoms with Gasteiger partial charge in [0.05, 0.1) is 12.5 Å². The Morgan fingerprint density at radius 3 is 2.23 bits per heavy atom. The van der Waals surface area contributed by atoms with Gasteiger partial charge < -0.3 is 14.5 Å². The van der Waals surface area contributed by atoms with E-state index in [9.17, 15) is 14.4 Å². The Bertz CT molecular complexity index is 728. The van der Waals surface area contributed by atoms with Gasteiger partial charge in [0, 0.05) is 38.2 Å². The van der Waals surface area contributed by atoms with E-state index in [1.165, 1.54) is 0 Å². The van der Waals surface area contributed by atoms with Gasteiger partial charge >= 0.3 is 5.97 Å². The number of esters is 1. The van der Waals surface area contributed by atoms with Gasteiger partial charge in [0.25, 0.3) is 5.91 Å². The van der Waals surface area contributed by atoms with Gasteiger partial charge in [-0.2, -0.15) is 0 Å². The smallest absolute Gasteiger partial charge is 0.309 e. The molecule has 2 fully saturated rings. The Kier molecular flexibility index (Phi) is 7.88. The average molecular weight is 415 g/mol. The highest BCUT2D eigenvalue weighted by Gasteiger charge is 2.34. The van der Waals surface area contributed by atoms with Gasteiger partial charge in [0.1, 0.15) is 0 Å². The summed E-state index contributed by atoms with van der Waals surface area (Å²) in [5, 5.41) is 0. The molecule has 6 nitrogen and oxygen atoms in total. The Hall–Kier alpha value is -2.37. The minimum atomic E-state index is -0.133. The molecule has 2 heterocycles. The van der Waals surface area contributed by atoms with E-state index in [2.05, 4.69) is 6.92 Å². The normalized spacial score (nSPS) is 22.6. The summed E-state index contributed by atoms with van der Waals surface area (Å²) in [4.78, 5) is 41.4. The molecule has 0 aliphatic carbocycles. The first kappa shape index (κ1) is 22.3. The Balaban J connectivity index is 1.50. The zero-order valence-corrected chi connectivity index (χ0v) is 18.2. The van der Waals surface area contributed by atoms with E-state index in [0.717, 1.165) is 18.4 Å². The first-order chi connectivity index (χ1) is 14.5. The van der Waals surface area contributed by atoms with Crippen molar-refractivity contribution in [3.8, 4) is 0 Å². The molecule has 2 amide bonds. The highest BCUT2D eigenvalue weighted by atomic mass is 16.5. The topological polar surface area (TPSA) is 66.9 Å². The Labute approximate surface area is 179 Å². The lowest BCUT2D eigenvalue weighted by molar-refractivity contribution is -0.151. The number of benzene rings is 1. The summed E-state index contributed by atoms with van der Waals surface area (Å²) in [7, 11) is 0. The second-order valence-corrected chi connectivity index (χ2v) is 8.45. The highest BCUT2D eigenvalue weighted by Crippen LogP contribution is 2.31. The molecule has 0 aromatic heterocycles. The lowest BCUT2D eigenvalue weighted by Crippen LogP contribution is -2.46. The summed E-state index contributed by atoms with van der Waals surface area (Å²) in [5.74, 6) is 0.705. The minimum Gasteiger partial charge on any atom is -0.466 e. The molecule has 30 heavy (non-hydrogen) atoms. The third-order valence-corrected chi connectivity index (χ3v) is 6.63. The number of likely N-dealkylation sites (tertiary alicyclic amines) is 2. The number of amides is 2. The molecule has 3 rings (SSSR count). The third-order valence-electron chi connectivity index (χ3n) is 6.63. The minimum absolute atomic E-state index is 0.0790. The molecule has 0 bridgehead atoms. The molecular weight excluding hydrogens is 380 g/mol. The fourth-order valence-electron chi connectivity index (χ4n) is 4.74. The first-order valence-corrected chi connectivity index (χ1v) is 11.3. The lowest BCUT2D eigenvalue weighted by Gasteiger charge is -2.39. The molecule has 164 valence electrons. The summed E-state index contributed by atoms with van der Waals surface area (Å²) < 4.78 is 5.11. The molecule has 0 N–H and O–H groups in total. The molecule has 2 aliphatic rings. The van der Waals surface area contributed by atoms with Crippen molar-refractivity contribution in [3.63, 3.8) is 0 Å². The van der Waals surface area contributed by atoms with Crippen LogP contribution in [0.1, 0.15) is 56.3 Å². The van der Waals surface area contributed by atoms with Crippen molar-refractivity contribution in [2.24, 2.45) is 17.8 Å². The zero-order chi connectivity index (χ0) is 21.5. The number of hydrogen-bond acceptors (Lipinski definition) is 4. The molecule has 2 saturated heterocycles. The van der Waals surface area contributed by atoms with Gasteiger partial charge in [-0.3, -0.25) is 14.4 Å². The van der Waals surface area contributed by atoms with Crippen LogP contribution in [0.2, 0.25) is 0 Å². The van der Waals surface area contributed by atoms with E-state index in [1.54, 1.807) is 0 Å². The van der Waals surface area contributed by atoms with E-state index in [-0.39, 0.29) is 23.7 Å². The Morgan fingerprint density at radius 1 is 0.933 bits per heavy atom. The van der Waals surface area contributed by atoms with Gasteiger partial charge in [-0.25, -0.2) is 0 Å². The maximum atomic E-state index is 12.9. The van der Waals surface area contributed by atoms with Crippen molar-refractivity contribution in [1.82, 2.24) is 9.80 Å². The second kappa shape index (κ2) is 10.6. The van der Waals surface area contributed by atoms with Gasteiger partial charge in [-0.05, 0) is 50.2 Å². The SMILES string of the molecule is CCOC(=O)C1CCN(C(=O)C[C@@H]2CCN(C(=O)c3ccccc3)C[C@H]2CC)CC1. The van der Waals surface area contributed by atoms with Crippen LogP contribution in [0, 0.1) is 17.8 Å². The quantitative estimate of drug-likeness (QED) is 0.670. The van der Waals surface area contributed by atoms with Crippen molar-refractivity contribution in [1.29, 1.82) is 0 Å². The van der Waals surface area contributed by atoms with Crippen LogP contribution in [0.4, 0.5) is 0 Å². The predicted octanol–water partition coefficient (Wildman–Crippen LogP) is 3.37. The molecule has 1 aromatic carbocycles. The lowest BCUT2D eigenvalue weighted by atomic mass is 9.81. The van der Waals surface area contributed by atoms with Crippen molar-refractivity contribution >= 4 is 17.8 Å². The number of carbonyl (C=O) groups is 3. The van der Waals surface area contributed by atoms with Gasteiger partial charge in [0.15, 0.2) is 0 Å². The van der Waals surface area contributed by atoms with Gasteiger partial charge in [-0.15, -0.1) is 0 Å². The van der Waals surface area contributed by atoms with E-state index < -0.39 is 0 Å². The van der Waals surface area contributed by atoms with Crippen LogP contribution >= 0.6 is 0 Å². The maximum Gasteiger partial charge on any atom is 0.309 e. The van der Waals surface area contributed by atoms with Crippen molar-refractivity contribution in [2.45, 2.75) is 46.0 Å². The molecule has 2 aliphatic heterocycles. The van der Waals surface area contributed by atoms with Crippen LogP contribution in [0.5, 0.6) is 0 Å². The molecule has 0 radical (unpaired) electrons. The number of rotatable bonds is 6. The summed E-state index contributed by atoms with van der Waals surface area (Å²) >= 11 is 0. The molecular formula is C24H34N2O4. The highest BCUT2D eigenvalue weighted by molar-refractivity contribution is 5.94. The van der Waals surface area contributed by atoms with Crippen LogP contribution in [-0.2, 0) is 14.3 Å².